The van der Waals surface area contributed by atoms with E-state index in [0.717, 1.165) is 38.5 Å². The average molecular weight is 475 g/mol. The van der Waals surface area contributed by atoms with Gasteiger partial charge in [-0.1, -0.05) is 124 Å². The molecule has 0 aromatic rings. The van der Waals surface area contributed by atoms with E-state index >= 15 is 0 Å². The lowest BCUT2D eigenvalue weighted by atomic mass is 9.81. The summed E-state index contributed by atoms with van der Waals surface area (Å²) in [7, 11) is 0. The van der Waals surface area contributed by atoms with Crippen LogP contribution in [-0.4, -0.2) is 12.1 Å². The van der Waals surface area contributed by atoms with Crippen LogP contribution in [-0.2, 0) is 4.79 Å². The third-order valence-corrected chi connectivity index (χ3v) is 6.82. The molecular weight excluding hydrogens is 416 g/mol. The highest BCUT2D eigenvalue weighted by atomic mass is 16.2. The zero-order valence-corrected chi connectivity index (χ0v) is 23.7. The Morgan fingerprint density at radius 2 is 1.21 bits per heavy atom. The lowest BCUT2D eigenvalue weighted by Crippen LogP contribution is -2.23. The summed E-state index contributed by atoms with van der Waals surface area (Å²) in [5.74, 6) is 0.0395. The van der Waals surface area contributed by atoms with Gasteiger partial charge in [0.05, 0.1) is 0 Å². The maximum Gasteiger partial charge on any atom is 0.240 e. The Morgan fingerprint density at radius 3 is 1.65 bits per heavy atom. The molecule has 0 bridgehead atoms. The van der Waals surface area contributed by atoms with Crippen molar-refractivity contribution in [1.82, 2.24) is 5.43 Å². The summed E-state index contributed by atoms with van der Waals surface area (Å²) in [6, 6.07) is 0. The third kappa shape index (κ3) is 20.1. The fraction of sp³-hybridized carbons (Fsp3) is 0.839. The largest absolute Gasteiger partial charge is 0.273 e. The zero-order chi connectivity index (χ0) is 25.3. The molecule has 198 valence electrons. The van der Waals surface area contributed by atoms with Crippen molar-refractivity contribution in [1.29, 1.82) is 0 Å². The molecule has 0 rings (SSSR count). The van der Waals surface area contributed by atoms with Crippen LogP contribution in [0.3, 0.4) is 0 Å². The molecule has 0 aliphatic carbocycles. The topological polar surface area (TPSA) is 41.5 Å². The van der Waals surface area contributed by atoms with Crippen molar-refractivity contribution < 1.29 is 4.79 Å². The van der Waals surface area contributed by atoms with E-state index in [9.17, 15) is 4.79 Å². The number of nitrogens with one attached hydrogen (secondary N) is 1. The van der Waals surface area contributed by atoms with Crippen molar-refractivity contribution in [3.63, 3.8) is 0 Å². The van der Waals surface area contributed by atoms with Gasteiger partial charge in [-0.25, -0.2) is 5.43 Å². The van der Waals surface area contributed by atoms with Gasteiger partial charge in [-0.15, -0.1) is 5.73 Å². The molecule has 0 aromatic carbocycles. The molecule has 0 saturated heterocycles. The van der Waals surface area contributed by atoms with Crippen LogP contribution >= 0.6 is 0 Å². The van der Waals surface area contributed by atoms with E-state index in [1.165, 1.54) is 89.0 Å². The number of hydrogen-bond acceptors (Lipinski definition) is 2. The van der Waals surface area contributed by atoms with Crippen molar-refractivity contribution in [2.24, 2.45) is 10.5 Å². The van der Waals surface area contributed by atoms with Gasteiger partial charge in [0.25, 0.3) is 0 Å². The fourth-order valence-electron chi connectivity index (χ4n) is 4.28. The number of carbonyl (C=O) groups excluding carboxylic acids is 1. The predicted molar refractivity (Wildman–Crippen MR) is 151 cm³/mol. The first-order valence-electron chi connectivity index (χ1n) is 14.7. The first-order chi connectivity index (χ1) is 16.5. The molecule has 1 N–H and O–H groups in total. The molecule has 1 atom stereocenters. The van der Waals surface area contributed by atoms with Crippen LogP contribution in [0.25, 0.3) is 0 Å². The van der Waals surface area contributed by atoms with Gasteiger partial charge >= 0.3 is 0 Å². The van der Waals surface area contributed by atoms with Crippen molar-refractivity contribution in [2.75, 3.05) is 0 Å². The smallest absolute Gasteiger partial charge is 0.240 e. The fourth-order valence-corrected chi connectivity index (χ4v) is 4.28. The number of rotatable bonds is 23. The van der Waals surface area contributed by atoms with Crippen LogP contribution in [0.15, 0.2) is 22.5 Å². The van der Waals surface area contributed by atoms with Crippen LogP contribution in [0.2, 0.25) is 0 Å². The lowest BCUT2D eigenvalue weighted by molar-refractivity contribution is -0.121. The second kappa shape index (κ2) is 23.4. The molecule has 0 saturated carbocycles. The molecule has 0 unspecified atom stereocenters. The van der Waals surface area contributed by atoms with E-state index in [1.54, 1.807) is 0 Å². The first-order valence-corrected chi connectivity index (χ1v) is 14.7. The minimum atomic E-state index is -0.116. The van der Waals surface area contributed by atoms with Gasteiger partial charge in [0.15, 0.2) is 0 Å². The number of carbonyl (C=O) groups is 1. The summed E-state index contributed by atoms with van der Waals surface area (Å²) < 4.78 is 0. The van der Waals surface area contributed by atoms with Gasteiger partial charge in [-0.05, 0) is 44.8 Å². The Morgan fingerprint density at radius 1 is 0.735 bits per heavy atom. The maximum atomic E-state index is 12.2. The number of hydrogen-bond donors (Lipinski definition) is 1. The highest BCUT2D eigenvalue weighted by molar-refractivity contribution is 5.77. The van der Waals surface area contributed by atoms with Crippen molar-refractivity contribution >= 4 is 12.1 Å². The zero-order valence-electron chi connectivity index (χ0n) is 23.7. The average Bonchev–Trinajstić information content (AvgIpc) is 2.83. The Balaban J connectivity index is 3.86. The van der Waals surface area contributed by atoms with Crippen LogP contribution in [0.5, 0.6) is 0 Å². The summed E-state index contributed by atoms with van der Waals surface area (Å²) in [5.41, 5.74) is 7.17. The third-order valence-electron chi connectivity index (χ3n) is 6.82. The van der Waals surface area contributed by atoms with Gasteiger partial charge in [0.1, 0.15) is 0 Å². The van der Waals surface area contributed by atoms with E-state index < -0.39 is 0 Å². The quantitative estimate of drug-likeness (QED) is 0.0680. The molecule has 3 nitrogen and oxygen atoms in total. The van der Waals surface area contributed by atoms with Crippen LogP contribution in [0, 0.1) is 5.41 Å². The standard InChI is InChI=1S/C31H58N2O/c1-6-9-11-12-13-14-15-16-17-18-19-20-21-22-23-24-30(34)33-32-28-31(8-3,26-10-7-2)27-25-29(4)5/h27-28H,6-24,26H2,1-5H3,(H,33,34)/b32-28+/t31-/m0/s1. The van der Waals surface area contributed by atoms with E-state index in [2.05, 4.69) is 57.0 Å². The van der Waals surface area contributed by atoms with Gasteiger partial charge < -0.3 is 0 Å². The highest BCUT2D eigenvalue weighted by Crippen LogP contribution is 2.28. The molecule has 0 aliphatic heterocycles. The summed E-state index contributed by atoms with van der Waals surface area (Å²) in [6.45, 7) is 10.8. The molecule has 34 heavy (non-hydrogen) atoms. The molecule has 1 amide bonds. The summed E-state index contributed by atoms with van der Waals surface area (Å²) >= 11 is 0. The second-order valence-corrected chi connectivity index (χ2v) is 10.5. The Hall–Kier alpha value is -1.34. The number of hydrazone groups is 1. The monoisotopic (exact) mass is 474 g/mol. The SMILES string of the molecule is CCCCCCCCCCCCCCCCCC(=O)N/N=C/[C@@](C=C=C(C)C)(CC)CCCC. The molecule has 0 heterocycles. The van der Waals surface area contributed by atoms with Gasteiger partial charge in [-0.2, -0.15) is 5.10 Å². The molecular formula is C31H58N2O. The molecule has 0 fully saturated rings. The predicted octanol–water partition coefficient (Wildman–Crippen LogP) is 10.1. The van der Waals surface area contributed by atoms with E-state index in [0.29, 0.717) is 6.42 Å². The summed E-state index contributed by atoms with van der Waals surface area (Å²) in [5, 5.41) is 4.33. The number of allylic oxidation sites excluding steroid dienone is 1. The van der Waals surface area contributed by atoms with Crippen molar-refractivity contribution in [3.8, 4) is 0 Å². The number of nitrogens with zero attached hydrogens (tertiary/aromatic N) is 1. The van der Waals surface area contributed by atoms with E-state index in [4.69, 9.17) is 0 Å². The lowest BCUT2D eigenvalue weighted by Gasteiger charge is -2.23. The van der Waals surface area contributed by atoms with Crippen LogP contribution in [0.4, 0.5) is 0 Å². The second-order valence-electron chi connectivity index (χ2n) is 10.5. The van der Waals surface area contributed by atoms with Gasteiger partial charge in [0, 0.05) is 18.1 Å². The Labute approximate surface area is 213 Å². The Kier molecular flexibility index (Phi) is 22.5. The summed E-state index contributed by atoms with van der Waals surface area (Å²) in [4.78, 5) is 12.2. The van der Waals surface area contributed by atoms with Crippen LogP contribution < -0.4 is 5.43 Å². The first kappa shape index (κ1) is 32.7. The number of amides is 1. The molecule has 0 radical (unpaired) electrons. The van der Waals surface area contributed by atoms with Gasteiger partial charge in [0.2, 0.25) is 5.91 Å². The normalized spacial score (nSPS) is 13.0. The maximum absolute atomic E-state index is 12.2. The highest BCUT2D eigenvalue weighted by Gasteiger charge is 2.22. The van der Waals surface area contributed by atoms with E-state index in [1.807, 2.05) is 6.21 Å². The molecule has 3 heteroatoms. The van der Waals surface area contributed by atoms with Crippen molar-refractivity contribution in [2.45, 2.75) is 163 Å². The van der Waals surface area contributed by atoms with Gasteiger partial charge in [-0.3, -0.25) is 4.79 Å². The molecule has 0 aromatic heterocycles. The molecule has 0 aliphatic rings. The minimum Gasteiger partial charge on any atom is -0.273 e. The molecule has 0 spiro atoms. The van der Waals surface area contributed by atoms with E-state index in [-0.39, 0.29) is 11.3 Å². The number of unbranched alkanes of at least 4 members (excludes halogenated alkanes) is 15. The van der Waals surface area contributed by atoms with Crippen LogP contribution in [0.1, 0.15) is 163 Å². The minimum absolute atomic E-state index is 0.0395. The Bertz CT molecular complexity index is 570. The van der Waals surface area contributed by atoms with Crippen molar-refractivity contribution in [3.05, 3.63) is 17.4 Å². The summed E-state index contributed by atoms with van der Waals surface area (Å²) in [6.07, 6.45) is 29.1.